The van der Waals surface area contributed by atoms with Crippen molar-refractivity contribution in [2.24, 2.45) is 0 Å². The minimum Gasteiger partial charge on any atom is -0.330 e. The maximum atomic E-state index is 14.8. The Bertz CT molecular complexity index is 1840. The van der Waals surface area contributed by atoms with Crippen molar-refractivity contribution in [3.63, 3.8) is 0 Å². The molecule has 0 bridgehead atoms. The van der Waals surface area contributed by atoms with Gasteiger partial charge in [-0.2, -0.15) is 0 Å². The molecule has 2 saturated heterocycles. The fourth-order valence-electron chi connectivity index (χ4n) is 7.31. The molecular weight excluding hydrogens is 645 g/mol. The molecular formula is C41H40N4O2S2. The average molecular weight is 685 g/mol. The Kier molecular flexibility index (Phi) is 10.2. The maximum Gasteiger partial charge on any atom is 0.260 e. The highest BCUT2D eigenvalue weighted by Gasteiger charge is 2.57. The highest BCUT2D eigenvalue weighted by Crippen LogP contribution is 2.43. The van der Waals surface area contributed by atoms with Crippen molar-refractivity contribution in [3.8, 4) is 0 Å². The molecule has 6 nitrogen and oxygen atoms in total. The van der Waals surface area contributed by atoms with Crippen molar-refractivity contribution in [1.29, 1.82) is 0 Å². The fraction of sp³-hybridized carbons (Fsp3) is 0.220. The van der Waals surface area contributed by atoms with Crippen LogP contribution >= 0.6 is 24.4 Å². The van der Waals surface area contributed by atoms with Gasteiger partial charge in [0.1, 0.15) is 0 Å². The highest BCUT2D eigenvalue weighted by atomic mass is 32.1. The van der Waals surface area contributed by atoms with E-state index in [4.69, 9.17) is 24.4 Å². The molecule has 2 aliphatic heterocycles. The van der Waals surface area contributed by atoms with E-state index in [1.165, 1.54) is 0 Å². The molecule has 0 saturated carbocycles. The molecule has 2 heterocycles. The molecule has 2 aliphatic rings. The fourth-order valence-corrected chi connectivity index (χ4v) is 8.12. The SMILES string of the molecule is C=CCN1C(=O)C(Cc2ccccc2)(c2ccccc2)N(CCCN2C(=O)[C@](Cc3ccccc3)(c3ccccc3)N(CC=C)C2=S)C1=S. The molecule has 0 aliphatic carbocycles. The highest BCUT2D eigenvalue weighted by molar-refractivity contribution is 7.80. The normalized spacial score (nSPS) is 20.7. The summed E-state index contributed by atoms with van der Waals surface area (Å²) in [6, 6.07) is 39.8. The van der Waals surface area contributed by atoms with Gasteiger partial charge in [-0.1, -0.05) is 133 Å². The number of hydrogen-bond donors (Lipinski definition) is 0. The van der Waals surface area contributed by atoms with Gasteiger partial charge in [-0.15, -0.1) is 13.2 Å². The Morgan fingerprint density at radius 3 is 1.41 bits per heavy atom. The molecule has 0 aromatic heterocycles. The Labute approximate surface area is 299 Å². The van der Waals surface area contributed by atoms with E-state index >= 15 is 0 Å². The minimum absolute atomic E-state index is 0.0682. The van der Waals surface area contributed by atoms with Crippen LogP contribution in [0.2, 0.25) is 0 Å². The predicted molar refractivity (Wildman–Crippen MR) is 204 cm³/mol. The summed E-state index contributed by atoms with van der Waals surface area (Å²) in [5.74, 6) is -0.148. The largest absolute Gasteiger partial charge is 0.330 e. The summed E-state index contributed by atoms with van der Waals surface area (Å²) in [4.78, 5) is 36.8. The van der Waals surface area contributed by atoms with Crippen molar-refractivity contribution >= 4 is 46.5 Å². The lowest BCUT2D eigenvalue weighted by atomic mass is 9.82. The second-order valence-corrected chi connectivity index (χ2v) is 13.1. The van der Waals surface area contributed by atoms with Crippen LogP contribution in [0.25, 0.3) is 0 Å². The van der Waals surface area contributed by atoms with Gasteiger partial charge in [0.05, 0.1) is 0 Å². The van der Waals surface area contributed by atoms with Crippen molar-refractivity contribution in [2.75, 3.05) is 26.2 Å². The van der Waals surface area contributed by atoms with E-state index in [1.54, 1.807) is 22.0 Å². The molecule has 2 fully saturated rings. The minimum atomic E-state index is -1.06. The van der Waals surface area contributed by atoms with E-state index < -0.39 is 11.1 Å². The first-order valence-electron chi connectivity index (χ1n) is 16.6. The maximum absolute atomic E-state index is 14.8. The van der Waals surface area contributed by atoms with Gasteiger partial charge in [0, 0.05) is 39.0 Å². The van der Waals surface area contributed by atoms with Gasteiger partial charge in [0.2, 0.25) is 0 Å². The van der Waals surface area contributed by atoms with E-state index in [0.717, 1.165) is 22.3 Å². The topological polar surface area (TPSA) is 47.1 Å². The third-order valence-corrected chi connectivity index (χ3v) is 10.4. The summed E-state index contributed by atoms with van der Waals surface area (Å²) in [6.45, 7) is 9.43. The molecule has 2 amide bonds. The Morgan fingerprint density at radius 2 is 0.939 bits per heavy atom. The number of benzene rings is 4. The summed E-state index contributed by atoms with van der Waals surface area (Å²) in [7, 11) is 0. The first kappa shape index (κ1) is 34.0. The van der Waals surface area contributed by atoms with Crippen LogP contribution in [0.4, 0.5) is 0 Å². The van der Waals surface area contributed by atoms with Gasteiger partial charge in [-0.3, -0.25) is 19.4 Å². The Morgan fingerprint density at radius 1 is 0.531 bits per heavy atom. The number of hydrogen-bond acceptors (Lipinski definition) is 4. The van der Waals surface area contributed by atoms with E-state index in [1.807, 2.05) is 126 Å². The van der Waals surface area contributed by atoms with Crippen LogP contribution in [0.15, 0.2) is 147 Å². The summed E-state index contributed by atoms with van der Waals surface area (Å²) in [5.41, 5.74) is 1.72. The molecule has 1 unspecified atom stereocenters. The lowest BCUT2D eigenvalue weighted by Crippen LogP contribution is -2.50. The number of nitrogens with zero attached hydrogens (tertiary/aromatic N) is 4. The lowest BCUT2D eigenvalue weighted by molar-refractivity contribution is -0.135. The molecule has 49 heavy (non-hydrogen) atoms. The van der Waals surface area contributed by atoms with Gasteiger partial charge >= 0.3 is 0 Å². The Balaban J connectivity index is 1.35. The third kappa shape index (κ3) is 6.11. The molecule has 2 atom stereocenters. The standard InChI is InChI=1S/C41H40N4O2S2/c1-3-26-42-36(46)41(35-24-15-8-16-25-35,31-33-20-11-6-12-21-33)45(38(42)48)29-17-28-43-37(47)40(34-22-13-7-14-23-34,44(27-4-2)39(43)49)30-32-18-9-5-10-19-32/h3-16,18-25H,1-2,17,26-31H2/t40-,41?/m0/s1. The van der Waals surface area contributed by atoms with Crippen molar-refractivity contribution in [2.45, 2.75) is 30.3 Å². The van der Waals surface area contributed by atoms with Crippen LogP contribution in [0.3, 0.4) is 0 Å². The van der Waals surface area contributed by atoms with Crippen LogP contribution in [0.1, 0.15) is 28.7 Å². The molecule has 248 valence electrons. The summed E-state index contributed by atoms with van der Waals surface area (Å²) >= 11 is 12.1. The van der Waals surface area contributed by atoms with Gasteiger partial charge in [0.15, 0.2) is 21.3 Å². The van der Waals surface area contributed by atoms with E-state index in [2.05, 4.69) is 18.1 Å². The van der Waals surface area contributed by atoms with E-state index in [9.17, 15) is 9.59 Å². The summed E-state index contributed by atoms with van der Waals surface area (Å²) in [5, 5.41) is 0.924. The molecule has 0 radical (unpaired) electrons. The number of carbonyl (C=O) groups is 2. The molecule has 8 heteroatoms. The van der Waals surface area contributed by atoms with Crippen LogP contribution in [0.5, 0.6) is 0 Å². The van der Waals surface area contributed by atoms with Gasteiger partial charge < -0.3 is 9.80 Å². The van der Waals surface area contributed by atoms with Gasteiger partial charge in [-0.05, 0) is 53.1 Å². The van der Waals surface area contributed by atoms with Crippen LogP contribution < -0.4 is 0 Å². The molecule has 0 N–H and O–H groups in total. The number of rotatable bonds is 14. The number of amides is 2. The Hall–Kier alpha value is -4.92. The zero-order valence-electron chi connectivity index (χ0n) is 27.5. The van der Waals surface area contributed by atoms with Crippen molar-refractivity contribution in [3.05, 3.63) is 169 Å². The second kappa shape index (κ2) is 14.7. The molecule has 4 aromatic carbocycles. The van der Waals surface area contributed by atoms with E-state index in [-0.39, 0.29) is 11.8 Å². The van der Waals surface area contributed by atoms with Crippen molar-refractivity contribution < 1.29 is 9.59 Å². The first-order chi connectivity index (χ1) is 23.9. The average Bonchev–Trinajstić information content (AvgIpc) is 3.46. The third-order valence-electron chi connectivity index (χ3n) is 9.54. The van der Waals surface area contributed by atoms with Gasteiger partial charge in [0.25, 0.3) is 11.8 Å². The zero-order valence-corrected chi connectivity index (χ0v) is 29.1. The van der Waals surface area contributed by atoms with Crippen LogP contribution in [-0.4, -0.2) is 67.8 Å². The predicted octanol–water partition coefficient (Wildman–Crippen LogP) is 6.88. The number of thiocarbonyl (C=S) groups is 2. The summed E-state index contributed by atoms with van der Waals surface area (Å²) < 4.78 is 0. The smallest absolute Gasteiger partial charge is 0.260 e. The second-order valence-electron chi connectivity index (χ2n) is 12.4. The molecule has 4 aromatic rings. The van der Waals surface area contributed by atoms with E-state index in [0.29, 0.717) is 55.7 Å². The summed E-state index contributed by atoms with van der Waals surface area (Å²) in [6.07, 6.45) is 4.93. The van der Waals surface area contributed by atoms with Crippen LogP contribution in [0, 0.1) is 0 Å². The van der Waals surface area contributed by atoms with Crippen molar-refractivity contribution in [1.82, 2.24) is 19.6 Å². The van der Waals surface area contributed by atoms with Gasteiger partial charge in [-0.25, -0.2) is 0 Å². The first-order valence-corrected chi connectivity index (χ1v) is 17.4. The number of carbonyl (C=O) groups excluding carboxylic acids is 2. The van der Waals surface area contributed by atoms with Crippen LogP contribution in [-0.2, 0) is 33.5 Å². The molecule has 0 spiro atoms. The monoisotopic (exact) mass is 684 g/mol. The zero-order chi connectivity index (χ0) is 34.4. The molecule has 6 rings (SSSR count). The quantitative estimate of drug-likeness (QED) is 0.107. The lowest BCUT2D eigenvalue weighted by Gasteiger charge is -2.37.